The number of aromatic amines is 1. The van der Waals surface area contributed by atoms with Gasteiger partial charge in [-0.1, -0.05) is 0 Å². The average molecular weight is 333 g/mol. The van der Waals surface area contributed by atoms with Gasteiger partial charge in [0.2, 0.25) is 11.0 Å². The molecule has 0 unspecified atom stereocenters. The first kappa shape index (κ1) is 16.9. The molecule has 1 heterocycles. The van der Waals surface area contributed by atoms with E-state index in [0.717, 1.165) is 0 Å². The summed E-state index contributed by atoms with van der Waals surface area (Å²) in [6.45, 7) is -3.01. The standard InChI is InChI=1S/C6H3F8N3O2S/c7-1-4(8,9)6(12,13)5(10,11)2-15-3(17-16-2)20-19-18-14/h1H2,(H,15,16,17). The van der Waals surface area contributed by atoms with Crippen molar-refractivity contribution in [2.75, 3.05) is 6.67 Å². The van der Waals surface area contributed by atoms with Gasteiger partial charge in [0.25, 0.3) is 0 Å². The Balaban J connectivity index is 3.06. The van der Waals surface area contributed by atoms with Crippen LogP contribution in [-0.4, -0.2) is 33.7 Å². The molecule has 1 rings (SSSR count). The summed E-state index contributed by atoms with van der Waals surface area (Å²) in [5.41, 5.74) is 0. The second kappa shape index (κ2) is 5.69. The van der Waals surface area contributed by atoms with Crippen LogP contribution >= 0.6 is 12.0 Å². The second-order valence-corrected chi connectivity index (χ2v) is 3.87. The van der Waals surface area contributed by atoms with E-state index < -0.39 is 35.4 Å². The molecule has 0 aliphatic heterocycles. The first-order valence-electron chi connectivity index (χ1n) is 4.34. The summed E-state index contributed by atoms with van der Waals surface area (Å²) in [6, 6.07) is 0. The summed E-state index contributed by atoms with van der Waals surface area (Å²) >= 11 is -0.185. The minimum absolute atomic E-state index is 0.185. The summed E-state index contributed by atoms with van der Waals surface area (Å²) in [5, 5.41) is 7.01. The number of aromatic nitrogens is 3. The van der Waals surface area contributed by atoms with Crippen molar-refractivity contribution >= 4 is 12.0 Å². The van der Waals surface area contributed by atoms with Crippen LogP contribution in [0.25, 0.3) is 0 Å². The van der Waals surface area contributed by atoms with Gasteiger partial charge in [-0.3, -0.25) is 0 Å². The van der Waals surface area contributed by atoms with E-state index in [2.05, 4.69) is 19.6 Å². The van der Waals surface area contributed by atoms with Crippen LogP contribution in [0.15, 0.2) is 5.16 Å². The molecule has 5 nitrogen and oxygen atoms in total. The van der Waals surface area contributed by atoms with Crippen molar-refractivity contribution in [2.24, 2.45) is 0 Å². The van der Waals surface area contributed by atoms with Crippen molar-refractivity contribution in [2.45, 2.75) is 22.9 Å². The first-order valence-corrected chi connectivity index (χ1v) is 5.09. The van der Waals surface area contributed by atoms with Gasteiger partial charge in [-0.25, -0.2) is 4.39 Å². The Labute approximate surface area is 108 Å². The van der Waals surface area contributed by atoms with Gasteiger partial charge in [-0.15, -0.1) is 14.5 Å². The van der Waals surface area contributed by atoms with Gasteiger partial charge in [0.05, 0.1) is 0 Å². The first-order chi connectivity index (χ1) is 9.10. The molecule has 0 saturated heterocycles. The average Bonchev–Trinajstić information content (AvgIpc) is 2.85. The highest BCUT2D eigenvalue weighted by atomic mass is 32.2. The Kier molecular flexibility index (Phi) is 4.81. The topological polar surface area (TPSA) is 60.0 Å². The lowest BCUT2D eigenvalue weighted by Crippen LogP contribution is -2.54. The zero-order valence-electron chi connectivity index (χ0n) is 8.85. The number of H-pyrrole nitrogens is 1. The molecule has 0 aliphatic rings. The Hall–Kier alpha value is -1.15. The number of hydrogen-bond acceptors (Lipinski definition) is 5. The van der Waals surface area contributed by atoms with Crippen LogP contribution in [0.5, 0.6) is 0 Å². The maximum atomic E-state index is 13.3. The molecule has 1 N–H and O–H groups in total. The van der Waals surface area contributed by atoms with Crippen LogP contribution in [0.3, 0.4) is 0 Å². The molecule has 0 fully saturated rings. The number of rotatable bonds is 7. The molecule has 0 aliphatic carbocycles. The molecule has 1 aromatic heterocycles. The fourth-order valence-electron chi connectivity index (χ4n) is 0.933. The van der Waals surface area contributed by atoms with Crippen LogP contribution in [0, 0.1) is 0 Å². The third-order valence-corrected chi connectivity index (χ3v) is 2.38. The quantitative estimate of drug-likeness (QED) is 0.360. The van der Waals surface area contributed by atoms with E-state index in [1.807, 2.05) is 0 Å². The molecule has 0 spiro atoms. The zero-order chi connectivity index (χ0) is 15.6. The van der Waals surface area contributed by atoms with E-state index in [1.54, 1.807) is 0 Å². The lowest BCUT2D eigenvalue weighted by Gasteiger charge is -2.29. The van der Waals surface area contributed by atoms with E-state index in [0.29, 0.717) is 0 Å². The van der Waals surface area contributed by atoms with Gasteiger partial charge in [0.15, 0.2) is 6.67 Å². The lowest BCUT2D eigenvalue weighted by molar-refractivity contribution is -0.359. The van der Waals surface area contributed by atoms with Crippen LogP contribution in [-0.2, 0) is 15.3 Å². The number of nitrogens with zero attached hydrogens (tertiary/aromatic N) is 2. The van der Waals surface area contributed by atoms with E-state index in [-0.39, 0.29) is 12.0 Å². The summed E-state index contributed by atoms with van der Waals surface area (Å²) < 4.78 is 104. The minimum Gasteiger partial charge on any atom is -0.313 e. The van der Waals surface area contributed by atoms with Gasteiger partial charge in [-0.05, 0) is 9.62 Å². The molecular formula is C6H3F8N3O2S. The molecule has 14 heteroatoms. The predicted octanol–water partition coefficient (Wildman–Crippen LogP) is 2.98. The highest BCUT2D eigenvalue weighted by Crippen LogP contribution is 2.50. The fourth-order valence-corrected chi connectivity index (χ4v) is 1.24. The van der Waals surface area contributed by atoms with Crippen LogP contribution in [0.1, 0.15) is 5.82 Å². The van der Waals surface area contributed by atoms with Crippen molar-refractivity contribution in [3.05, 3.63) is 5.82 Å². The van der Waals surface area contributed by atoms with E-state index in [1.165, 1.54) is 4.98 Å². The highest BCUT2D eigenvalue weighted by Gasteiger charge is 2.73. The summed E-state index contributed by atoms with van der Waals surface area (Å²) in [6.07, 6.45) is 0. The van der Waals surface area contributed by atoms with E-state index >= 15 is 0 Å². The van der Waals surface area contributed by atoms with Crippen molar-refractivity contribution in [3.8, 4) is 0 Å². The summed E-state index contributed by atoms with van der Waals surface area (Å²) in [5.74, 6) is -19.3. The Morgan fingerprint density at radius 1 is 1.10 bits per heavy atom. The molecule has 0 saturated carbocycles. The Morgan fingerprint density at radius 3 is 2.20 bits per heavy atom. The molecule has 1 aromatic rings. The number of hydrogen-bond donors (Lipinski definition) is 1. The minimum atomic E-state index is -6.08. The smallest absolute Gasteiger partial charge is 0.313 e. The summed E-state index contributed by atoms with van der Waals surface area (Å²) in [7, 11) is 0. The van der Waals surface area contributed by atoms with Crippen molar-refractivity contribution in [1.82, 2.24) is 15.2 Å². The monoisotopic (exact) mass is 333 g/mol. The molecule has 0 atom stereocenters. The lowest BCUT2D eigenvalue weighted by atomic mass is 10.1. The van der Waals surface area contributed by atoms with Gasteiger partial charge in [0, 0.05) is 0 Å². The molecule has 0 radical (unpaired) electrons. The summed E-state index contributed by atoms with van der Waals surface area (Å²) in [4.78, 5) is 1.37. The van der Waals surface area contributed by atoms with E-state index in [4.69, 9.17) is 0 Å². The molecule has 0 aromatic carbocycles. The molecule has 0 bridgehead atoms. The van der Waals surface area contributed by atoms with Crippen molar-refractivity contribution in [3.63, 3.8) is 0 Å². The predicted molar refractivity (Wildman–Crippen MR) is 45.3 cm³/mol. The van der Waals surface area contributed by atoms with Gasteiger partial charge in [-0.2, -0.15) is 26.3 Å². The van der Waals surface area contributed by atoms with Crippen LogP contribution in [0.4, 0.5) is 35.3 Å². The second-order valence-electron chi connectivity index (χ2n) is 3.18. The van der Waals surface area contributed by atoms with Crippen LogP contribution in [0.2, 0.25) is 0 Å². The number of nitrogens with one attached hydrogen (secondary N) is 1. The fraction of sp³-hybridized carbons (Fsp3) is 0.667. The molecule has 0 amide bonds. The van der Waals surface area contributed by atoms with E-state index in [9.17, 15) is 35.3 Å². The molecule has 20 heavy (non-hydrogen) atoms. The van der Waals surface area contributed by atoms with Crippen molar-refractivity contribution < 1.29 is 44.7 Å². The van der Waals surface area contributed by atoms with Gasteiger partial charge < -0.3 is 4.98 Å². The third kappa shape index (κ3) is 2.80. The SMILES string of the molecule is FCC(F)(F)C(F)(F)C(F)(F)c1nnc(SOOF)[nH]1. The highest BCUT2D eigenvalue weighted by molar-refractivity contribution is 7.94. The molecular weight excluding hydrogens is 330 g/mol. The van der Waals surface area contributed by atoms with Gasteiger partial charge >= 0.3 is 17.8 Å². The maximum absolute atomic E-state index is 13.3. The van der Waals surface area contributed by atoms with Crippen molar-refractivity contribution in [1.29, 1.82) is 0 Å². The van der Waals surface area contributed by atoms with Crippen LogP contribution < -0.4 is 0 Å². The molecule has 116 valence electrons. The normalized spacial score (nSPS) is 13.8. The third-order valence-electron chi connectivity index (χ3n) is 1.92. The largest absolute Gasteiger partial charge is 0.382 e. The maximum Gasteiger partial charge on any atom is 0.382 e. The zero-order valence-corrected chi connectivity index (χ0v) is 9.67. The Morgan fingerprint density at radius 2 is 1.70 bits per heavy atom. The number of alkyl halides is 7. The van der Waals surface area contributed by atoms with Gasteiger partial charge in [0.1, 0.15) is 12.0 Å². The number of halogens is 8. The Bertz CT molecular complexity index is 455.